The highest BCUT2D eigenvalue weighted by Crippen LogP contribution is 2.38. The number of aryl methyl sites for hydroxylation is 2. The molecule has 3 nitrogen and oxygen atoms in total. The lowest BCUT2D eigenvalue weighted by Gasteiger charge is -2.27. The minimum Gasteiger partial charge on any atom is -0.464 e. The molecular formula is C14H19NO2. The van der Waals surface area contributed by atoms with Crippen LogP contribution in [0.1, 0.15) is 30.0 Å². The number of nitrogens with one attached hydrogen (secondary N) is 1. The number of carbonyl (C=O) groups excluding carboxylic acids is 1. The summed E-state index contributed by atoms with van der Waals surface area (Å²) in [5.74, 6) is -0.160. The molecule has 1 atom stereocenters. The van der Waals surface area contributed by atoms with Gasteiger partial charge in [-0.2, -0.15) is 0 Å². The Morgan fingerprint density at radius 1 is 1.53 bits per heavy atom. The second-order valence-electron chi connectivity index (χ2n) is 4.54. The maximum absolute atomic E-state index is 12.2. The van der Waals surface area contributed by atoms with Crippen LogP contribution in [-0.4, -0.2) is 19.6 Å². The number of fused-ring (bicyclic) bond motifs is 1. The summed E-state index contributed by atoms with van der Waals surface area (Å²) in [6, 6.07) is 6.30. The van der Waals surface area contributed by atoms with E-state index in [9.17, 15) is 4.79 Å². The highest BCUT2D eigenvalue weighted by Gasteiger charge is 2.45. The summed E-state index contributed by atoms with van der Waals surface area (Å²) in [4.78, 5) is 12.2. The van der Waals surface area contributed by atoms with Gasteiger partial charge in [-0.25, -0.2) is 4.79 Å². The van der Waals surface area contributed by atoms with Gasteiger partial charge in [-0.3, -0.25) is 0 Å². The second-order valence-corrected chi connectivity index (χ2v) is 4.54. The van der Waals surface area contributed by atoms with E-state index in [0.29, 0.717) is 6.61 Å². The predicted molar refractivity (Wildman–Crippen MR) is 66.9 cm³/mol. The van der Waals surface area contributed by atoms with Gasteiger partial charge in [-0.1, -0.05) is 23.8 Å². The van der Waals surface area contributed by atoms with Gasteiger partial charge in [-0.15, -0.1) is 0 Å². The molecule has 0 aliphatic heterocycles. The van der Waals surface area contributed by atoms with Crippen molar-refractivity contribution in [2.45, 2.75) is 32.2 Å². The third-order valence-electron chi connectivity index (χ3n) is 3.55. The predicted octanol–water partition coefficient (Wildman–Crippen LogP) is 1.92. The van der Waals surface area contributed by atoms with Gasteiger partial charge in [0, 0.05) is 0 Å². The average molecular weight is 233 g/mol. The van der Waals surface area contributed by atoms with Crippen LogP contribution in [0.5, 0.6) is 0 Å². The van der Waals surface area contributed by atoms with E-state index >= 15 is 0 Å². The van der Waals surface area contributed by atoms with Gasteiger partial charge in [-0.05, 0) is 44.9 Å². The van der Waals surface area contributed by atoms with Crippen LogP contribution in [0.25, 0.3) is 0 Å². The van der Waals surface area contributed by atoms with E-state index in [2.05, 4.69) is 23.5 Å². The van der Waals surface area contributed by atoms with Crippen LogP contribution >= 0.6 is 0 Å². The molecule has 0 saturated carbocycles. The number of hydrogen-bond acceptors (Lipinski definition) is 3. The summed E-state index contributed by atoms with van der Waals surface area (Å²) in [5.41, 5.74) is 2.86. The minimum atomic E-state index is -0.642. The molecule has 1 aromatic rings. The van der Waals surface area contributed by atoms with E-state index < -0.39 is 5.54 Å². The van der Waals surface area contributed by atoms with E-state index in [1.807, 2.05) is 20.9 Å². The fourth-order valence-electron chi connectivity index (χ4n) is 2.59. The van der Waals surface area contributed by atoms with Crippen LogP contribution in [0, 0.1) is 6.92 Å². The Morgan fingerprint density at radius 3 is 2.94 bits per heavy atom. The summed E-state index contributed by atoms with van der Waals surface area (Å²) in [6.45, 7) is 4.31. The highest BCUT2D eigenvalue weighted by atomic mass is 16.5. The van der Waals surface area contributed by atoms with E-state index in [1.165, 1.54) is 11.1 Å². The molecule has 0 bridgehead atoms. The molecule has 3 heteroatoms. The van der Waals surface area contributed by atoms with Crippen molar-refractivity contribution in [1.82, 2.24) is 5.32 Å². The molecule has 0 fully saturated rings. The molecule has 0 aromatic heterocycles. The Morgan fingerprint density at radius 2 is 2.29 bits per heavy atom. The van der Waals surface area contributed by atoms with Crippen LogP contribution in [0.4, 0.5) is 0 Å². The Balaban J connectivity index is 2.46. The molecule has 0 spiro atoms. The Hall–Kier alpha value is -1.35. The maximum atomic E-state index is 12.2. The molecule has 1 aliphatic rings. The first-order valence-corrected chi connectivity index (χ1v) is 6.10. The van der Waals surface area contributed by atoms with E-state index in [0.717, 1.165) is 18.4 Å². The van der Waals surface area contributed by atoms with Crippen molar-refractivity contribution < 1.29 is 9.53 Å². The molecule has 1 aliphatic carbocycles. The number of rotatable bonds is 3. The topological polar surface area (TPSA) is 38.3 Å². The third kappa shape index (κ3) is 1.84. The first-order chi connectivity index (χ1) is 8.14. The van der Waals surface area contributed by atoms with Crippen molar-refractivity contribution >= 4 is 5.97 Å². The molecule has 0 radical (unpaired) electrons. The minimum absolute atomic E-state index is 0.160. The quantitative estimate of drug-likeness (QED) is 0.811. The van der Waals surface area contributed by atoms with Crippen LogP contribution in [-0.2, 0) is 21.5 Å². The Bertz CT molecular complexity index is 442. The first kappa shape index (κ1) is 12.1. The van der Waals surface area contributed by atoms with Gasteiger partial charge in [0.1, 0.15) is 5.54 Å². The van der Waals surface area contributed by atoms with Gasteiger partial charge in [0.2, 0.25) is 0 Å². The summed E-state index contributed by atoms with van der Waals surface area (Å²) < 4.78 is 5.22. The highest BCUT2D eigenvalue weighted by molar-refractivity contribution is 5.84. The average Bonchev–Trinajstić information content (AvgIpc) is 2.68. The van der Waals surface area contributed by atoms with Crippen molar-refractivity contribution in [2.24, 2.45) is 0 Å². The van der Waals surface area contributed by atoms with Crippen LogP contribution in [0.2, 0.25) is 0 Å². The smallest absolute Gasteiger partial charge is 0.331 e. The molecule has 1 N–H and O–H groups in total. The zero-order valence-electron chi connectivity index (χ0n) is 10.7. The molecule has 0 saturated heterocycles. The molecule has 2 rings (SSSR count). The van der Waals surface area contributed by atoms with Crippen molar-refractivity contribution in [3.8, 4) is 0 Å². The zero-order chi connectivity index (χ0) is 12.5. The standard InChI is InChI=1S/C14H19NO2/c1-4-17-13(16)14(15-3)8-7-11-6-5-10(2)9-12(11)14/h5-6,9,15H,4,7-8H2,1-3H3. The largest absolute Gasteiger partial charge is 0.464 e. The Kier molecular flexibility index (Phi) is 3.20. The van der Waals surface area contributed by atoms with Gasteiger partial charge in [0.25, 0.3) is 0 Å². The van der Waals surface area contributed by atoms with E-state index in [-0.39, 0.29) is 5.97 Å². The summed E-state index contributed by atoms with van der Waals surface area (Å²) in [5, 5.41) is 3.17. The number of esters is 1. The van der Waals surface area contributed by atoms with Crippen LogP contribution in [0.15, 0.2) is 18.2 Å². The molecule has 0 amide bonds. The van der Waals surface area contributed by atoms with Gasteiger partial charge in [0.05, 0.1) is 6.61 Å². The van der Waals surface area contributed by atoms with Crippen molar-refractivity contribution in [3.63, 3.8) is 0 Å². The lowest BCUT2D eigenvalue weighted by molar-refractivity contribution is -0.151. The summed E-state index contributed by atoms with van der Waals surface area (Å²) in [7, 11) is 1.83. The molecule has 92 valence electrons. The van der Waals surface area contributed by atoms with Gasteiger partial charge >= 0.3 is 5.97 Å². The molecule has 0 heterocycles. The van der Waals surface area contributed by atoms with Gasteiger partial charge in [0.15, 0.2) is 0 Å². The van der Waals surface area contributed by atoms with Gasteiger partial charge < -0.3 is 10.1 Å². The molecular weight excluding hydrogens is 214 g/mol. The normalized spacial score (nSPS) is 22.3. The SMILES string of the molecule is CCOC(=O)C1(NC)CCc2ccc(C)cc21. The lowest BCUT2D eigenvalue weighted by atomic mass is 9.91. The van der Waals surface area contributed by atoms with E-state index in [4.69, 9.17) is 4.74 Å². The zero-order valence-corrected chi connectivity index (χ0v) is 10.7. The van der Waals surface area contributed by atoms with Crippen molar-refractivity contribution in [3.05, 3.63) is 34.9 Å². The number of likely N-dealkylation sites (N-methyl/N-ethyl adjacent to an activating group) is 1. The van der Waals surface area contributed by atoms with Crippen LogP contribution in [0.3, 0.4) is 0 Å². The van der Waals surface area contributed by atoms with E-state index in [1.54, 1.807) is 0 Å². The number of carbonyl (C=O) groups is 1. The van der Waals surface area contributed by atoms with Crippen LogP contribution < -0.4 is 5.32 Å². The molecule has 17 heavy (non-hydrogen) atoms. The van der Waals surface area contributed by atoms with Crippen molar-refractivity contribution in [2.75, 3.05) is 13.7 Å². The first-order valence-electron chi connectivity index (χ1n) is 6.10. The molecule has 1 unspecified atom stereocenters. The summed E-state index contributed by atoms with van der Waals surface area (Å²) in [6.07, 6.45) is 1.70. The summed E-state index contributed by atoms with van der Waals surface area (Å²) >= 11 is 0. The number of ether oxygens (including phenoxy) is 1. The third-order valence-corrected chi connectivity index (χ3v) is 3.55. The fraction of sp³-hybridized carbons (Fsp3) is 0.500. The lowest BCUT2D eigenvalue weighted by Crippen LogP contribution is -2.46. The number of hydrogen-bond donors (Lipinski definition) is 1. The second kappa shape index (κ2) is 4.49. The van der Waals surface area contributed by atoms with Crippen molar-refractivity contribution in [1.29, 1.82) is 0 Å². The maximum Gasteiger partial charge on any atom is 0.331 e. The molecule has 1 aromatic carbocycles. The fourth-order valence-corrected chi connectivity index (χ4v) is 2.59. The Labute approximate surface area is 102 Å². The monoisotopic (exact) mass is 233 g/mol. The number of benzene rings is 1.